The molecule has 0 aromatic heterocycles. The van der Waals surface area contributed by atoms with Crippen molar-refractivity contribution in [2.75, 3.05) is 10.6 Å². The zero-order valence-electron chi connectivity index (χ0n) is 15.9. The number of rotatable bonds is 6. The molecule has 0 aliphatic rings. The van der Waals surface area contributed by atoms with Gasteiger partial charge in [-0.3, -0.25) is 9.10 Å². The van der Waals surface area contributed by atoms with Gasteiger partial charge in [-0.2, -0.15) is 0 Å². The van der Waals surface area contributed by atoms with E-state index in [1.165, 1.54) is 4.31 Å². The van der Waals surface area contributed by atoms with Crippen molar-refractivity contribution in [2.45, 2.75) is 40.3 Å². The van der Waals surface area contributed by atoms with E-state index in [-0.39, 0.29) is 5.91 Å². The van der Waals surface area contributed by atoms with Crippen LogP contribution in [-0.2, 0) is 21.4 Å². The lowest BCUT2D eigenvalue weighted by Gasteiger charge is -2.29. The minimum absolute atomic E-state index is 0.335. The quantitative estimate of drug-likeness (QED) is 0.845. The minimum Gasteiger partial charge on any atom is -0.350 e. The predicted molar refractivity (Wildman–Crippen MR) is 106 cm³/mol. The maximum absolute atomic E-state index is 12.6. The van der Waals surface area contributed by atoms with Crippen LogP contribution >= 0.6 is 0 Å². The third-order valence-electron chi connectivity index (χ3n) is 4.26. The third-order valence-corrected chi connectivity index (χ3v) is 5.51. The van der Waals surface area contributed by atoms with Gasteiger partial charge in [0.05, 0.1) is 11.9 Å². The number of aryl methyl sites for hydroxylation is 3. The Morgan fingerprint density at radius 2 is 1.65 bits per heavy atom. The summed E-state index contributed by atoms with van der Waals surface area (Å²) in [5, 5.41) is 2.85. The molecular formula is C20H26N2O3S. The topological polar surface area (TPSA) is 66.5 Å². The van der Waals surface area contributed by atoms with Crippen LogP contribution in [0.25, 0.3) is 0 Å². The molecule has 0 heterocycles. The van der Waals surface area contributed by atoms with Crippen molar-refractivity contribution in [1.29, 1.82) is 0 Å². The number of carbonyl (C=O) groups is 1. The number of nitrogens with zero attached hydrogens (tertiary/aromatic N) is 1. The van der Waals surface area contributed by atoms with Gasteiger partial charge in [0.1, 0.15) is 6.04 Å². The van der Waals surface area contributed by atoms with Crippen molar-refractivity contribution < 1.29 is 13.2 Å². The van der Waals surface area contributed by atoms with Crippen molar-refractivity contribution in [1.82, 2.24) is 5.32 Å². The Hall–Kier alpha value is -2.34. The summed E-state index contributed by atoms with van der Waals surface area (Å²) >= 11 is 0. The first-order valence-corrected chi connectivity index (χ1v) is 10.3. The van der Waals surface area contributed by atoms with Crippen LogP contribution in [-0.4, -0.2) is 26.6 Å². The highest BCUT2D eigenvalue weighted by atomic mass is 32.2. The molecule has 26 heavy (non-hydrogen) atoms. The summed E-state index contributed by atoms with van der Waals surface area (Å²) in [4.78, 5) is 12.6. The summed E-state index contributed by atoms with van der Waals surface area (Å²) < 4.78 is 25.9. The van der Waals surface area contributed by atoms with E-state index >= 15 is 0 Å². The van der Waals surface area contributed by atoms with E-state index in [1.54, 1.807) is 19.1 Å². The second kappa shape index (κ2) is 7.91. The van der Waals surface area contributed by atoms with Gasteiger partial charge < -0.3 is 5.32 Å². The van der Waals surface area contributed by atoms with Crippen molar-refractivity contribution in [3.63, 3.8) is 0 Å². The van der Waals surface area contributed by atoms with E-state index < -0.39 is 16.1 Å². The predicted octanol–water partition coefficient (Wildman–Crippen LogP) is 3.08. The average Bonchev–Trinajstić information content (AvgIpc) is 2.51. The Morgan fingerprint density at radius 1 is 1.08 bits per heavy atom. The number of hydrogen-bond donors (Lipinski definition) is 1. The second-order valence-electron chi connectivity index (χ2n) is 6.72. The first kappa shape index (κ1) is 20.0. The smallest absolute Gasteiger partial charge is 0.243 e. The molecule has 0 radical (unpaired) electrons. The summed E-state index contributed by atoms with van der Waals surface area (Å²) in [6.07, 6.45) is 1.12. The van der Waals surface area contributed by atoms with Gasteiger partial charge in [-0.1, -0.05) is 30.3 Å². The fourth-order valence-corrected chi connectivity index (χ4v) is 4.18. The Balaban J connectivity index is 2.25. The molecule has 6 heteroatoms. The van der Waals surface area contributed by atoms with E-state index in [1.807, 2.05) is 51.1 Å². The SMILES string of the molecule is Cc1cc(C)cc(N([C@H](C)C(=O)NCc2ccccc2C)S(C)(=O)=O)c1. The summed E-state index contributed by atoms with van der Waals surface area (Å²) in [5.41, 5.74) is 4.48. The standard InChI is InChI=1S/C20H26N2O3S/c1-14-10-15(2)12-19(11-14)22(26(5,24)25)17(4)20(23)21-13-18-9-7-6-8-16(18)3/h6-12,17H,13H2,1-5H3,(H,21,23)/t17-/m1/s1. The van der Waals surface area contributed by atoms with E-state index in [9.17, 15) is 13.2 Å². The monoisotopic (exact) mass is 374 g/mol. The van der Waals surface area contributed by atoms with Crippen LogP contribution in [0.15, 0.2) is 42.5 Å². The fourth-order valence-electron chi connectivity index (χ4n) is 3.03. The van der Waals surface area contributed by atoms with Crippen LogP contribution < -0.4 is 9.62 Å². The van der Waals surface area contributed by atoms with E-state index in [2.05, 4.69) is 5.32 Å². The molecule has 1 atom stereocenters. The van der Waals surface area contributed by atoms with Gasteiger partial charge in [-0.05, 0) is 62.1 Å². The molecule has 0 bridgehead atoms. The highest BCUT2D eigenvalue weighted by Crippen LogP contribution is 2.24. The lowest BCUT2D eigenvalue weighted by atomic mass is 10.1. The number of benzene rings is 2. The van der Waals surface area contributed by atoms with Gasteiger partial charge in [-0.15, -0.1) is 0 Å². The van der Waals surface area contributed by atoms with Crippen LogP contribution in [0.5, 0.6) is 0 Å². The largest absolute Gasteiger partial charge is 0.350 e. The van der Waals surface area contributed by atoms with E-state index in [4.69, 9.17) is 0 Å². The fraction of sp³-hybridized carbons (Fsp3) is 0.350. The molecule has 140 valence electrons. The van der Waals surface area contributed by atoms with E-state index in [0.717, 1.165) is 28.5 Å². The minimum atomic E-state index is -3.61. The third kappa shape index (κ3) is 4.85. The Labute approximate surface area is 156 Å². The molecule has 0 saturated carbocycles. The van der Waals surface area contributed by atoms with Gasteiger partial charge >= 0.3 is 0 Å². The Bertz CT molecular complexity index is 887. The lowest BCUT2D eigenvalue weighted by molar-refractivity contribution is -0.122. The van der Waals surface area contributed by atoms with Crippen molar-refractivity contribution in [3.05, 3.63) is 64.7 Å². The molecule has 2 rings (SSSR count). The maximum Gasteiger partial charge on any atom is 0.243 e. The first-order valence-electron chi connectivity index (χ1n) is 8.49. The average molecular weight is 375 g/mol. The second-order valence-corrected chi connectivity index (χ2v) is 8.58. The van der Waals surface area contributed by atoms with E-state index in [0.29, 0.717) is 12.2 Å². The number of hydrogen-bond acceptors (Lipinski definition) is 3. The first-order chi connectivity index (χ1) is 12.1. The van der Waals surface area contributed by atoms with Gasteiger partial charge in [0.25, 0.3) is 0 Å². The number of anilines is 1. The molecule has 0 aliphatic carbocycles. The number of nitrogens with one attached hydrogen (secondary N) is 1. The molecule has 1 N–H and O–H groups in total. The molecular weight excluding hydrogens is 348 g/mol. The van der Waals surface area contributed by atoms with Gasteiger partial charge in [0.15, 0.2) is 0 Å². The van der Waals surface area contributed by atoms with Gasteiger partial charge in [-0.25, -0.2) is 8.42 Å². The lowest BCUT2D eigenvalue weighted by Crippen LogP contribution is -2.47. The van der Waals surface area contributed by atoms with Crippen molar-refractivity contribution in [2.24, 2.45) is 0 Å². The highest BCUT2D eigenvalue weighted by Gasteiger charge is 2.29. The van der Waals surface area contributed by atoms with Crippen LogP contribution in [0.2, 0.25) is 0 Å². The Kier molecular flexibility index (Phi) is 6.08. The normalized spacial score (nSPS) is 12.5. The molecule has 1 amide bonds. The highest BCUT2D eigenvalue weighted by molar-refractivity contribution is 7.92. The molecule has 0 spiro atoms. The zero-order valence-corrected chi connectivity index (χ0v) is 16.7. The summed E-state index contributed by atoms with van der Waals surface area (Å²) in [6.45, 7) is 7.75. The van der Waals surface area contributed by atoms with Crippen LogP contribution in [0.1, 0.15) is 29.2 Å². The maximum atomic E-state index is 12.6. The molecule has 0 unspecified atom stereocenters. The van der Waals surface area contributed by atoms with Crippen LogP contribution in [0, 0.1) is 20.8 Å². The molecule has 0 fully saturated rings. The molecule has 5 nitrogen and oxygen atoms in total. The van der Waals surface area contributed by atoms with Gasteiger partial charge in [0.2, 0.25) is 15.9 Å². The zero-order chi connectivity index (χ0) is 19.5. The number of carbonyl (C=O) groups excluding carboxylic acids is 1. The summed E-state index contributed by atoms with van der Waals surface area (Å²) in [7, 11) is -3.61. The summed E-state index contributed by atoms with van der Waals surface area (Å²) in [5.74, 6) is -0.335. The molecule has 0 aliphatic heterocycles. The summed E-state index contributed by atoms with van der Waals surface area (Å²) in [6, 6.07) is 12.4. The number of sulfonamides is 1. The molecule has 0 saturated heterocycles. The van der Waals surface area contributed by atoms with Crippen LogP contribution in [0.4, 0.5) is 5.69 Å². The number of amides is 1. The van der Waals surface area contributed by atoms with Crippen LogP contribution in [0.3, 0.4) is 0 Å². The molecule has 2 aromatic carbocycles. The van der Waals surface area contributed by atoms with Crippen molar-refractivity contribution >= 4 is 21.6 Å². The molecule has 2 aromatic rings. The Morgan fingerprint density at radius 3 is 2.19 bits per heavy atom. The van der Waals surface area contributed by atoms with Crippen molar-refractivity contribution in [3.8, 4) is 0 Å². The van der Waals surface area contributed by atoms with Gasteiger partial charge in [0, 0.05) is 6.54 Å².